The molecule has 12 heteroatoms. The number of pyridine rings is 1. The minimum Gasteiger partial charge on any atom is -0.376 e. The van der Waals surface area contributed by atoms with E-state index in [4.69, 9.17) is 4.74 Å². The van der Waals surface area contributed by atoms with Crippen LogP contribution in [0.2, 0.25) is 0 Å². The van der Waals surface area contributed by atoms with Crippen LogP contribution >= 0.6 is 0 Å². The van der Waals surface area contributed by atoms with E-state index in [9.17, 15) is 21.6 Å². The normalized spacial score (nSPS) is 20.5. The Morgan fingerprint density at radius 1 is 1.24 bits per heavy atom. The summed E-state index contributed by atoms with van der Waals surface area (Å²) in [5.74, 6) is 1.18. The van der Waals surface area contributed by atoms with Gasteiger partial charge in [-0.05, 0) is 36.6 Å². The molecule has 0 saturated carbocycles. The van der Waals surface area contributed by atoms with Crippen LogP contribution in [0.1, 0.15) is 41.9 Å². The fraction of sp³-hybridized carbons (Fsp3) is 0.409. The van der Waals surface area contributed by atoms with Crippen LogP contribution in [0, 0.1) is 0 Å². The van der Waals surface area contributed by atoms with Gasteiger partial charge in [0.25, 0.3) is 0 Å². The van der Waals surface area contributed by atoms with Gasteiger partial charge in [0.1, 0.15) is 17.5 Å². The van der Waals surface area contributed by atoms with E-state index in [2.05, 4.69) is 20.3 Å². The Morgan fingerprint density at radius 3 is 2.79 bits per heavy atom. The van der Waals surface area contributed by atoms with Crippen LogP contribution in [-0.2, 0) is 34.0 Å². The molecule has 1 aromatic carbocycles. The first-order valence-electron chi connectivity index (χ1n) is 10.8. The topological polar surface area (TPSA) is 97.3 Å². The van der Waals surface area contributed by atoms with Gasteiger partial charge in [0.05, 0.1) is 42.3 Å². The molecule has 180 valence electrons. The number of hydrogen-bond donors (Lipinski definition) is 1. The van der Waals surface area contributed by atoms with Crippen molar-refractivity contribution in [3.8, 4) is 0 Å². The minimum absolute atomic E-state index is 0.0582. The maximum absolute atomic E-state index is 13.7. The quantitative estimate of drug-likeness (QED) is 0.550. The van der Waals surface area contributed by atoms with Gasteiger partial charge in [-0.15, -0.1) is 0 Å². The Bertz CT molecular complexity index is 1360. The maximum Gasteiger partial charge on any atom is 0.416 e. The number of anilines is 2. The molecular weight excluding hydrogens is 471 g/mol. The molecule has 2 aliphatic rings. The second-order valence-electron chi connectivity index (χ2n) is 8.33. The molecule has 2 bridgehead atoms. The highest BCUT2D eigenvalue weighted by molar-refractivity contribution is 7.93. The number of aromatic nitrogens is 3. The van der Waals surface area contributed by atoms with E-state index in [1.54, 1.807) is 19.1 Å². The Balaban J connectivity index is 1.62. The molecule has 1 atom stereocenters. The van der Waals surface area contributed by atoms with Crippen LogP contribution in [0.4, 0.5) is 24.8 Å². The number of fused-ring (bicyclic) bond motifs is 5. The number of nitrogens with one attached hydrogen (secondary N) is 1. The number of nitrogens with zero attached hydrogens (tertiary/aromatic N) is 4. The summed E-state index contributed by atoms with van der Waals surface area (Å²) in [4.78, 5) is 13.4. The van der Waals surface area contributed by atoms with E-state index in [0.717, 1.165) is 6.07 Å². The largest absolute Gasteiger partial charge is 0.416 e. The Morgan fingerprint density at radius 2 is 2.06 bits per heavy atom. The van der Waals surface area contributed by atoms with Crippen molar-refractivity contribution in [2.24, 2.45) is 0 Å². The lowest BCUT2D eigenvalue weighted by Crippen LogP contribution is -2.26. The number of halogens is 3. The fourth-order valence-electron chi connectivity index (χ4n) is 4.38. The van der Waals surface area contributed by atoms with E-state index >= 15 is 0 Å². The summed E-state index contributed by atoms with van der Waals surface area (Å²) >= 11 is 0. The number of hydrogen-bond acceptors (Lipinski definition) is 7. The molecule has 0 aliphatic carbocycles. The third-order valence-corrected chi connectivity index (χ3v) is 7.87. The van der Waals surface area contributed by atoms with Crippen molar-refractivity contribution in [3.63, 3.8) is 0 Å². The zero-order valence-corrected chi connectivity index (χ0v) is 19.1. The molecule has 0 radical (unpaired) electrons. The number of sulfonamides is 1. The summed E-state index contributed by atoms with van der Waals surface area (Å²) in [6.07, 6.45) is -2.21. The van der Waals surface area contributed by atoms with Gasteiger partial charge in [-0.2, -0.15) is 13.2 Å². The summed E-state index contributed by atoms with van der Waals surface area (Å²) < 4.78 is 72.7. The molecular formula is C22H22F3N5O3S. The lowest BCUT2D eigenvalue weighted by atomic mass is 9.96. The molecule has 8 nitrogen and oxygen atoms in total. The Hall–Kier alpha value is -2.99. The molecule has 34 heavy (non-hydrogen) atoms. The third-order valence-electron chi connectivity index (χ3n) is 6.02. The summed E-state index contributed by atoms with van der Waals surface area (Å²) in [6, 6.07) is 5.14. The number of alkyl halides is 3. The van der Waals surface area contributed by atoms with Crippen LogP contribution < -0.4 is 9.62 Å². The maximum atomic E-state index is 13.7. The summed E-state index contributed by atoms with van der Waals surface area (Å²) in [7, 11) is -3.43. The molecule has 4 heterocycles. The molecule has 0 amide bonds. The lowest BCUT2D eigenvalue weighted by molar-refractivity contribution is -0.139. The second kappa shape index (κ2) is 8.35. The minimum atomic E-state index is -4.51. The highest BCUT2D eigenvalue weighted by Crippen LogP contribution is 2.37. The molecule has 2 aromatic heterocycles. The van der Waals surface area contributed by atoms with Crippen molar-refractivity contribution in [1.29, 1.82) is 0 Å². The van der Waals surface area contributed by atoms with E-state index < -0.39 is 27.8 Å². The first-order chi connectivity index (χ1) is 16.1. The molecule has 0 spiro atoms. The number of ether oxygens (including phenoxy) is 1. The zero-order valence-electron chi connectivity index (χ0n) is 18.3. The highest BCUT2D eigenvalue weighted by Gasteiger charge is 2.35. The summed E-state index contributed by atoms with van der Waals surface area (Å²) in [5.41, 5.74) is 0.295. The highest BCUT2D eigenvalue weighted by atomic mass is 32.2. The predicted molar refractivity (Wildman–Crippen MR) is 120 cm³/mol. The molecule has 0 unspecified atom stereocenters. The summed E-state index contributed by atoms with van der Waals surface area (Å²) in [6.45, 7) is 2.04. The second-order valence-corrected chi connectivity index (χ2v) is 10.3. The van der Waals surface area contributed by atoms with Crippen molar-refractivity contribution in [2.45, 2.75) is 38.6 Å². The van der Waals surface area contributed by atoms with Gasteiger partial charge >= 0.3 is 6.18 Å². The standard InChI is InChI=1S/C22H22F3N5O3S/c1-13-14-4-2-5-17(22(23,24)25)16(14)12-33-8-6-19-28-18-11-26-20(10-15(18)21(27-13)29-19)30-7-3-9-34(30,31)32/h2,4-5,10-11,13H,3,6-9,12H2,1H3,(H,27,28,29)/t13-/m1/s1. The monoisotopic (exact) mass is 493 g/mol. The lowest BCUT2D eigenvalue weighted by Gasteiger charge is -2.22. The van der Waals surface area contributed by atoms with E-state index in [1.165, 1.54) is 16.6 Å². The van der Waals surface area contributed by atoms with Gasteiger partial charge in [-0.1, -0.05) is 12.1 Å². The molecule has 1 fully saturated rings. The molecule has 2 aliphatic heterocycles. The SMILES string of the molecule is C[C@H]1Nc2nc(nc3cnc(N4CCCS4(=O)=O)cc23)CCOCc2c1cccc2C(F)(F)F. The smallest absolute Gasteiger partial charge is 0.376 e. The van der Waals surface area contributed by atoms with Gasteiger partial charge < -0.3 is 10.1 Å². The molecule has 1 saturated heterocycles. The average Bonchev–Trinajstić information content (AvgIpc) is 3.13. The fourth-order valence-corrected chi connectivity index (χ4v) is 5.89. The Labute approximate surface area is 194 Å². The van der Waals surface area contributed by atoms with Crippen molar-refractivity contribution in [1.82, 2.24) is 15.0 Å². The van der Waals surface area contributed by atoms with Gasteiger partial charge in [0.15, 0.2) is 0 Å². The van der Waals surface area contributed by atoms with Crippen molar-refractivity contribution >= 4 is 32.6 Å². The molecule has 5 rings (SSSR count). The van der Waals surface area contributed by atoms with Gasteiger partial charge in [0, 0.05) is 18.4 Å². The first kappa shape index (κ1) is 22.8. The van der Waals surface area contributed by atoms with Crippen molar-refractivity contribution < 1.29 is 26.3 Å². The van der Waals surface area contributed by atoms with E-state index in [0.29, 0.717) is 47.5 Å². The van der Waals surface area contributed by atoms with Crippen LogP contribution in [0.15, 0.2) is 30.5 Å². The van der Waals surface area contributed by atoms with E-state index in [-0.39, 0.29) is 30.3 Å². The molecule has 1 N–H and O–H groups in total. The van der Waals surface area contributed by atoms with Crippen LogP contribution in [0.25, 0.3) is 10.9 Å². The third kappa shape index (κ3) is 4.16. The van der Waals surface area contributed by atoms with Gasteiger partial charge in [-0.25, -0.2) is 23.4 Å². The average molecular weight is 494 g/mol. The summed E-state index contributed by atoms with van der Waals surface area (Å²) in [5, 5.41) is 3.76. The van der Waals surface area contributed by atoms with Gasteiger partial charge in [-0.3, -0.25) is 4.31 Å². The first-order valence-corrected chi connectivity index (χ1v) is 12.4. The van der Waals surface area contributed by atoms with E-state index in [1.807, 2.05) is 0 Å². The predicted octanol–water partition coefficient (Wildman–Crippen LogP) is 3.83. The van der Waals surface area contributed by atoms with Crippen LogP contribution in [0.3, 0.4) is 0 Å². The van der Waals surface area contributed by atoms with Crippen molar-refractivity contribution in [2.75, 3.05) is 28.5 Å². The van der Waals surface area contributed by atoms with Crippen molar-refractivity contribution in [3.05, 3.63) is 53.0 Å². The molecule has 3 aromatic rings. The van der Waals surface area contributed by atoms with Crippen LogP contribution in [0.5, 0.6) is 0 Å². The number of benzene rings is 1. The van der Waals surface area contributed by atoms with Crippen LogP contribution in [-0.4, -0.2) is 42.3 Å². The zero-order chi connectivity index (χ0) is 24.1. The number of rotatable bonds is 1. The van der Waals surface area contributed by atoms with Gasteiger partial charge in [0.2, 0.25) is 10.0 Å². The Kier molecular flexibility index (Phi) is 5.59.